The molecule has 31 heavy (non-hydrogen) atoms. The standard InChI is InChI=1S/C26H28N2O3/c1-2-31-25(29)11-10-20-15-21(12-14-28-26(30)24-8-4-3-5-9-24)17-23(16-20)18-22-7-6-13-27-19-22/h3-9,13,15-17,19H,2,10-12,14,18H2,1H3,(H,28,30). The minimum Gasteiger partial charge on any atom is -0.466 e. The molecule has 0 aliphatic carbocycles. The van der Waals surface area contributed by atoms with Crippen LogP contribution in [0.2, 0.25) is 0 Å². The number of benzene rings is 2. The molecule has 3 aromatic rings. The van der Waals surface area contributed by atoms with E-state index in [0.717, 1.165) is 23.1 Å². The third-order valence-corrected chi connectivity index (χ3v) is 4.90. The highest BCUT2D eigenvalue weighted by atomic mass is 16.5. The topological polar surface area (TPSA) is 68.3 Å². The number of carbonyl (C=O) groups is 2. The highest BCUT2D eigenvalue weighted by Gasteiger charge is 2.08. The number of amides is 1. The van der Waals surface area contributed by atoms with Crippen molar-refractivity contribution in [2.75, 3.05) is 13.2 Å². The first-order chi connectivity index (χ1) is 15.1. The second kappa shape index (κ2) is 11.6. The molecule has 3 rings (SSSR count). The molecule has 0 bridgehead atoms. The monoisotopic (exact) mass is 416 g/mol. The normalized spacial score (nSPS) is 10.5. The van der Waals surface area contributed by atoms with Gasteiger partial charge < -0.3 is 10.1 Å². The van der Waals surface area contributed by atoms with E-state index in [4.69, 9.17) is 4.74 Å². The van der Waals surface area contributed by atoms with Crippen molar-refractivity contribution < 1.29 is 14.3 Å². The van der Waals surface area contributed by atoms with E-state index < -0.39 is 0 Å². The van der Waals surface area contributed by atoms with Crippen molar-refractivity contribution in [3.63, 3.8) is 0 Å². The zero-order valence-corrected chi connectivity index (χ0v) is 17.8. The van der Waals surface area contributed by atoms with Gasteiger partial charge in [0, 0.05) is 30.9 Å². The van der Waals surface area contributed by atoms with Crippen molar-refractivity contribution in [2.45, 2.75) is 32.6 Å². The molecule has 0 aliphatic heterocycles. The first kappa shape index (κ1) is 22.2. The van der Waals surface area contributed by atoms with E-state index in [2.05, 4.69) is 34.6 Å². The fraction of sp³-hybridized carbons (Fsp3) is 0.269. The maximum atomic E-state index is 12.3. The van der Waals surface area contributed by atoms with E-state index in [1.165, 1.54) is 5.56 Å². The number of aryl methyl sites for hydroxylation is 1. The number of esters is 1. The van der Waals surface area contributed by atoms with Gasteiger partial charge in [0.2, 0.25) is 0 Å². The number of hydrogen-bond acceptors (Lipinski definition) is 4. The molecule has 0 unspecified atom stereocenters. The van der Waals surface area contributed by atoms with Gasteiger partial charge in [-0.2, -0.15) is 0 Å². The lowest BCUT2D eigenvalue weighted by Crippen LogP contribution is -2.25. The van der Waals surface area contributed by atoms with Crippen LogP contribution in [0, 0.1) is 0 Å². The fourth-order valence-corrected chi connectivity index (χ4v) is 3.46. The lowest BCUT2D eigenvalue weighted by Gasteiger charge is -2.11. The summed E-state index contributed by atoms with van der Waals surface area (Å²) in [4.78, 5) is 28.3. The molecule has 5 heteroatoms. The van der Waals surface area contributed by atoms with Gasteiger partial charge in [-0.1, -0.05) is 42.5 Å². The van der Waals surface area contributed by atoms with Crippen LogP contribution in [0.5, 0.6) is 0 Å². The Balaban J connectivity index is 1.67. The SMILES string of the molecule is CCOC(=O)CCc1cc(CCNC(=O)c2ccccc2)cc(Cc2cccnc2)c1. The molecule has 0 saturated carbocycles. The summed E-state index contributed by atoms with van der Waals surface area (Å²) in [5, 5.41) is 2.98. The Morgan fingerprint density at radius 3 is 2.35 bits per heavy atom. The highest BCUT2D eigenvalue weighted by molar-refractivity contribution is 5.94. The molecule has 5 nitrogen and oxygen atoms in total. The number of nitrogens with one attached hydrogen (secondary N) is 1. The second-order valence-corrected chi connectivity index (χ2v) is 7.37. The molecule has 0 radical (unpaired) electrons. The van der Waals surface area contributed by atoms with Crippen LogP contribution >= 0.6 is 0 Å². The van der Waals surface area contributed by atoms with E-state index in [0.29, 0.717) is 38.0 Å². The molecule has 1 amide bonds. The fourth-order valence-electron chi connectivity index (χ4n) is 3.46. The number of carbonyl (C=O) groups excluding carboxylic acids is 2. The van der Waals surface area contributed by atoms with Gasteiger partial charge in [-0.15, -0.1) is 0 Å². The summed E-state index contributed by atoms with van der Waals surface area (Å²) in [6.07, 6.45) is 6.10. The Kier molecular flexibility index (Phi) is 8.35. The van der Waals surface area contributed by atoms with E-state index in [1.54, 1.807) is 18.3 Å². The van der Waals surface area contributed by atoms with E-state index in [9.17, 15) is 9.59 Å². The molecule has 0 aliphatic rings. The third kappa shape index (κ3) is 7.37. The summed E-state index contributed by atoms with van der Waals surface area (Å²) < 4.78 is 5.06. The summed E-state index contributed by atoms with van der Waals surface area (Å²) in [6.45, 7) is 2.75. The number of aromatic nitrogens is 1. The van der Waals surface area contributed by atoms with E-state index in [-0.39, 0.29) is 11.9 Å². The van der Waals surface area contributed by atoms with Crippen molar-refractivity contribution in [1.82, 2.24) is 10.3 Å². The average molecular weight is 417 g/mol. The van der Waals surface area contributed by atoms with Crippen LogP contribution in [-0.4, -0.2) is 30.0 Å². The molecule has 1 heterocycles. The number of hydrogen-bond donors (Lipinski definition) is 1. The molecule has 0 spiro atoms. The first-order valence-electron chi connectivity index (χ1n) is 10.6. The van der Waals surface area contributed by atoms with Crippen LogP contribution in [0.15, 0.2) is 73.1 Å². The summed E-state index contributed by atoms with van der Waals surface area (Å²) in [5.41, 5.74) is 5.18. The third-order valence-electron chi connectivity index (χ3n) is 4.90. The lowest BCUT2D eigenvalue weighted by molar-refractivity contribution is -0.143. The largest absolute Gasteiger partial charge is 0.466 e. The van der Waals surface area contributed by atoms with Gasteiger partial charge in [0.25, 0.3) is 5.91 Å². The Morgan fingerprint density at radius 1 is 0.903 bits per heavy atom. The molecule has 1 aromatic heterocycles. The smallest absolute Gasteiger partial charge is 0.306 e. The molecule has 0 fully saturated rings. The molecule has 0 saturated heterocycles. The van der Waals surface area contributed by atoms with Gasteiger partial charge in [-0.3, -0.25) is 14.6 Å². The Labute approximate surface area is 183 Å². The van der Waals surface area contributed by atoms with Crippen LogP contribution in [0.3, 0.4) is 0 Å². The summed E-state index contributed by atoms with van der Waals surface area (Å²) >= 11 is 0. The maximum Gasteiger partial charge on any atom is 0.306 e. The van der Waals surface area contributed by atoms with Gasteiger partial charge >= 0.3 is 5.97 Å². The summed E-state index contributed by atoms with van der Waals surface area (Å²) in [7, 11) is 0. The van der Waals surface area contributed by atoms with Crippen LogP contribution < -0.4 is 5.32 Å². The number of rotatable bonds is 10. The Bertz CT molecular complexity index is 988. The van der Waals surface area contributed by atoms with Crippen molar-refractivity contribution in [1.29, 1.82) is 0 Å². The van der Waals surface area contributed by atoms with Gasteiger partial charge in [0.05, 0.1) is 6.61 Å². The van der Waals surface area contributed by atoms with Gasteiger partial charge in [-0.25, -0.2) is 0 Å². The van der Waals surface area contributed by atoms with Gasteiger partial charge in [0.15, 0.2) is 0 Å². The van der Waals surface area contributed by atoms with E-state index >= 15 is 0 Å². The zero-order chi connectivity index (χ0) is 21.9. The van der Waals surface area contributed by atoms with Crippen LogP contribution in [0.4, 0.5) is 0 Å². The van der Waals surface area contributed by atoms with Crippen LogP contribution in [0.25, 0.3) is 0 Å². The first-order valence-corrected chi connectivity index (χ1v) is 10.6. The second-order valence-electron chi connectivity index (χ2n) is 7.37. The maximum absolute atomic E-state index is 12.3. The molecular formula is C26H28N2O3. The average Bonchev–Trinajstić information content (AvgIpc) is 2.79. The van der Waals surface area contributed by atoms with Crippen molar-refractivity contribution in [3.8, 4) is 0 Å². The summed E-state index contributed by atoms with van der Waals surface area (Å²) in [5.74, 6) is -0.258. The molecule has 0 atom stereocenters. The number of ether oxygens (including phenoxy) is 1. The molecular weight excluding hydrogens is 388 g/mol. The van der Waals surface area contributed by atoms with Crippen molar-refractivity contribution in [3.05, 3.63) is 101 Å². The minimum absolute atomic E-state index is 0.0744. The predicted octanol–water partition coefficient (Wildman–Crippen LogP) is 4.14. The van der Waals surface area contributed by atoms with Crippen LogP contribution in [-0.2, 0) is 28.8 Å². The minimum atomic E-state index is -0.183. The molecule has 1 N–H and O–H groups in total. The zero-order valence-electron chi connectivity index (χ0n) is 17.8. The quantitative estimate of drug-likeness (QED) is 0.505. The van der Waals surface area contributed by atoms with Gasteiger partial charge in [0.1, 0.15) is 0 Å². The van der Waals surface area contributed by atoms with E-state index in [1.807, 2.05) is 37.4 Å². The Hall–Kier alpha value is -3.47. The summed E-state index contributed by atoms with van der Waals surface area (Å²) in [6, 6.07) is 19.6. The lowest BCUT2D eigenvalue weighted by atomic mass is 9.97. The van der Waals surface area contributed by atoms with Crippen molar-refractivity contribution in [2.24, 2.45) is 0 Å². The van der Waals surface area contributed by atoms with Gasteiger partial charge in [-0.05, 0) is 66.6 Å². The number of nitrogens with zero attached hydrogens (tertiary/aromatic N) is 1. The van der Waals surface area contributed by atoms with Crippen molar-refractivity contribution >= 4 is 11.9 Å². The van der Waals surface area contributed by atoms with Crippen LogP contribution in [0.1, 0.15) is 46.0 Å². The molecule has 2 aromatic carbocycles. The highest BCUT2D eigenvalue weighted by Crippen LogP contribution is 2.17. The number of pyridine rings is 1. The molecule has 160 valence electrons. The Morgan fingerprint density at radius 2 is 1.65 bits per heavy atom. The predicted molar refractivity (Wildman–Crippen MR) is 121 cm³/mol.